The lowest BCUT2D eigenvalue weighted by molar-refractivity contribution is -0.114. The number of aliphatic imine (C=N–C) groups is 1. The molecule has 5 rings (SSSR count). The Morgan fingerprint density at radius 1 is 0.829 bits per heavy atom. The first-order valence-corrected chi connectivity index (χ1v) is 11.6. The van der Waals surface area contributed by atoms with Crippen molar-refractivity contribution in [3.63, 3.8) is 0 Å². The van der Waals surface area contributed by atoms with Crippen LogP contribution in [0.4, 0.5) is 11.4 Å². The maximum Gasteiger partial charge on any atom is 0.221 e. The van der Waals surface area contributed by atoms with Crippen molar-refractivity contribution >= 4 is 29.3 Å². The van der Waals surface area contributed by atoms with Crippen molar-refractivity contribution in [3.05, 3.63) is 131 Å². The van der Waals surface area contributed by atoms with E-state index in [-0.39, 0.29) is 11.8 Å². The first kappa shape index (κ1) is 22.4. The van der Waals surface area contributed by atoms with Gasteiger partial charge in [-0.3, -0.25) is 9.79 Å². The van der Waals surface area contributed by atoms with E-state index in [4.69, 9.17) is 9.73 Å². The number of carbonyl (C=O) groups is 1. The normalized spacial score (nSPS) is 15.0. The zero-order chi connectivity index (χ0) is 24.2. The van der Waals surface area contributed by atoms with Gasteiger partial charge in [-0.1, -0.05) is 72.8 Å². The predicted octanol–water partition coefficient (Wildman–Crippen LogP) is 7.29. The van der Waals surface area contributed by atoms with E-state index in [2.05, 4.69) is 60.8 Å². The van der Waals surface area contributed by atoms with Gasteiger partial charge >= 0.3 is 0 Å². The smallest absolute Gasteiger partial charge is 0.221 e. The molecule has 1 atom stereocenters. The number of hydrogen-bond acceptors (Lipinski definition) is 3. The second-order valence-electron chi connectivity index (χ2n) is 8.57. The van der Waals surface area contributed by atoms with Crippen molar-refractivity contribution in [2.75, 3.05) is 5.32 Å². The zero-order valence-corrected chi connectivity index (χ0v) is 19.7. The number of carbonyl (C=O) groups excluding carboxylic acids is 1. The highest BCUT2D eigenvalue weighted by molar-refractivity contribution is 5.95. The van der Waals surface area contributed by atoms with Gasteiger partial charge in [-0.2, -0.15) is 0 Å². The van der Waals surface area contributed by atoms with Crippen LogP contribution in [-0.2, 0) is 4.79 Å². The molecular formula is C31H26N2O2. The van der Waals surface area contributed by atoms with E-state index < -0.39 is 0 Å². The van der Waals surface area contributed by atoms with Crippen LogP contribution < -0.4 is 10.1 Å². The molecule has 0 radical (unpaired) electrons. The molecule has 1 aliphatic heterocycles. The highest BCUT2D eigenvalue weighted by atomic mass is 16.5. The molecule has 0 saturated carbocycles. The number of hydrogen-bond donors (Lipinski definition) is 1. The monoisotopic (exact) mass is 458 g/mol. The lowest BCUT2D eigenvalue weighted by Gasteiger charge is -2.30. The maximum absolute atomic E-state index is 11.3. The number of fused-ring (bicyclic) bond motifs is 1. The largest absolute Gasteiger partial charge is 0.456 e. The van der Waals surface area contributed by atoms with Gasteiger partial charge < -0.3 is 10.1 Å². The first-order chi connectivity index (χ1) is 17.1. The van der Waals surface area contributed by atoms with Crippen LogP contribution in [0, 0.1) is 6.92 Å². The van der Waals surface area contributed by atoms with Crippen molar-refractivity contribution in [1.82, 2.24) is 0 Å². The Hall–Kier alpha value is -4.44. The van der Waals surface area contributed by atoms with E-state index >= 15 is 0 Å². The third-order valence-electron chi connectivity index (χ3n) is 6.09. The van der Waals surface area contributed by atoms with Crippen molar-refractivity contribution in [2.45, 2.75) is 19.8 Å². The zero-order valence-electron chi connectivity index (χ0n) is 19.7. The molecule has 4 heteroatoms. The van der Waals surface area contributed by atoms with Gasteiger partial charge in [0.15, 0.2) is 0 Å². The van der Waals surface area contributed by atoms with Gasteiger partial charge in [0.05, 0.1) is 5.69 Å². The molecule has 172 valence electrons. The molecular weight excluding hydrogens is 432 g/mol. The molecule has 0 saturated heterocycles. The Bertz CT molecular complexity index is 1420. The van der Waals surface area contributed by atoms with Crippen molar-refractivity contribution in [1.29, 1.82) is 0 Å². The fourth-order valence-corrected chi connectivity index (χ4v) is 4.45. The fraction of sp³-hybridized carbons (Fsp3) is 0.0968. The summed E-state index contributed by atoms with van der Waals surface area (Å²) in [7, 11) is 0. The average Bonchev–Trinajstić information content (AvgIpc) is 2.88. The maximum atomic E-state index is 11.3. The van der Waals surface area contributed by atoms with E-state index in [0.29, 0.717) is 0 Å². The van der Waals surface area contributed by atoms with E-state index in [0.717, 1.165) is 39.6 Å². The fourth-order valence-electron chi connectivity index (χ4n) is 4.45. The summed E-state index contributed by atoms with van der Waals surface area (Å²) in [6.07, 6.45) is 1.92. The summed E-state index contributed by atoms with van der Waals surface area (Å²) in [5.74, 6) is 1.53. The molecule has 35 heavy (non-hydrogen) atoms. The van der Waals surface area contributed by atoms with Crippen LogP contribution in [0.3, 0.4) is 0 Å². The van der Waals surface area contributed by atoms with Crippen LogP contribution in [0.15, 0.2) is 114 Å². The number of nitrogens with zero attached hydrogens (tertiary/aromatic N) is 1. The summed E-state index contributed by atoms with van der Waals surface area (Å²) >= 11 is 0. The molecule has 0 unspecified atom stereocenters. The minimum atomic E-state index is -0.0991. The number of amides is 1. The Morgan fingerprint density at radius 2 is 1.49 bits per heavy atom. The summed E-state index contributed by atoms with van der Waals surface area (Å²) in [5.41, 5.74) is 7.09. The van der Waals surface area contributed by atoms with Crippen LogP contribution in [0.2, 0.25) is 0 Å². The number of ether oxygens (including phenoxy) is 1. The molecule has 0 aromatic heterocycles. The highest BCUT2D eigenvalue weighted by Crippen LogP contribution is 2.45. The number of allylic oxidation sites excluding steroid dienone is 1. The lowest BCUT2D eigenvalue weighted by Crippen LogP contribution is -2.18. The molecule has 1 aliphatic rings. The van der Waals surface area contributed by atoms with Gasteiger partial charge in [-0.15, -0.1) is 0 Å². The van der Waals surface area contributed by atoms with E-state index in [1.54, 1.807) is 0 Å². The van der Waals surface area contributed by atoms with Crippen molar-refractivity contribution in [3.8, 4) is 5.75 Å². The Labute approximate surface area is 205 Å². The highest BCUT2D eigenvalue weighted by Gasteiger charge is 2.31. The minimum absolute atomic E-state index is 0.0289. The van der Waals surface area contributed by atoms with Crippen molar-refractivity contribution < 1.29 is 9.53 Å². The van der Waals surface area contributed by atoms with Gasteiger partial charge in [-0.25, -0.2) is 0 Å². The molecule has 4 aromatic rings. The van der Waals surface area contributed by atoms with Gasteiger partial charge in [0.2, 0.25) is 5.91 Å². The summed E-state index contributed by atoms with van der Waals surface area (Å²) < 4.78 is 6.51. The molecule has 1 N–H and O–H groups in total. The number of nitrogens with one attached hydrogen (secondary N) is 1. The van der Waals surface area contributed by atoms with Gasteiger partial charge in [0, 0.05) is 41.4 Å². The molecule has 0 spiro atoms. The number of benzene rings is 4. The molecule has 4 nitrogen and oxygen atoms in total. The van der Waals surface area contributed by atoms with E-state index in [9.17, 15) is 4.79 Å². The minimum Gasteiger partial charge on any atom is -0.456 e. The quantitative estimate of drug-likeness (QED) is 0.319. The van der Waals surface area contributed by atoms with Crippen LogP contribution in [0.1, 0.15) is 35.1 Å². The molecule has 0 fully saturated rings. The number of rotatable bonds is 5. The third kappa shape index (κ3) is 4.78. The molecule has 0 aliphatic carbocycles. The van der Waals surface area contributed by atoms with Crippen LogP contribution in [0.5, 0.6) is 5.75 Å². The predicted molar refractivity (Wildman–Crippen MR) is 142 cm³/mol. The summed E-state index contributed by atoms with van der Waals surface area (Å²) in [4.78, 5) is 16.2. The third-order valence-corrected chi connectivity index (χ3v) is 6.09. The van der Waals surface area contributed by atoms with Gasteiger partial charge in [0.1, 0.15) is 11.5 Å². The molecule has 1 heterocycles. The second-order valence-corrected chi connectivity index (χ2v) is 8.57. The molecule has 1 amide bonds. The standard InChI is InChI=1S/C31H26N2O2/c1-21-10-6-7-13-26(21)30-27-14-8-9-15-29(27)35-31(23-11-4-3-5-12-23)28(30)20-32-24-16-18-25(19-17-24)33-22(2)34/h3-20,30H,1-2H3,(H,33,34)/t30-/m1/s1. The first-order valence-electron chi connectivity index (χ1n) is 11.6. The summed E-state index contributed by atoms with van der Waals surface area (Å²) in [5, 5.41) is 2.79. The van der Waals surface area contributed by atoms with Crippen LogP contribution in [-0.4, -0.2) is 12.1 Å². The van der Waals surface area contributed by atoms with Crippen LogP contribution >= 0.6 is 0 Å². The summed E-state index contributed by atoms with van der Waals surface area (Å²) in [6, 6.07) is 34.3. The SMILES string of the molecule is CC(=O)Nc1ccc(N=CC2=C(c3ccccc3)Oc3ccccc3[C@H]2c2ccccc2C)cc1. The second kappa shape index (κ2) is 9.82. The topological polar surface area (TPSA) is 50.7 Å². The van der Waals surface area contributed by atoms with Gasteiger partial charge in [-0.05, 0) is 48.4 Å². The number of para-hydroxylation sites is 1. The molecule has 4 aromatic carbocycles. The molecule has 0 bridgehead atoms. The van der Waals surface area contributed by atoms with Crippen molar-refractivity contribution in [2.24, 2.45) is 4.99 Å². The Balaban J connectivity index is 1.66. The lowest BCUT2D eigenvalue weighted by atomic mass is 9.80. The number of anilines is 1. The average molecular weight is 459 g/mol. The number of aryl methyl sites for hydroxylation is 1. The van der Waals surface area contributed by atoms with E-state index in [1.807, 2.05) is 60.8 Å². The Kier molecular flexibility index (Phi) is 6.27. The van der Waals surface area contributed by atoms with Crippen LogP contribution in [0.25, 0.3) is 5.76 Å². The summed E-state index contributed by atoms with van der Waals surface area (Å²) in [6.45, 7) is 3.64. The Morgan fingerprint density at radius 3 is 2.20 bits per heavy atom. The van der Waals surface area contributed by atoms with E-state index in [1.165, 1.54) is 18.1 Å². The van der Waals surface area contributed by atoms with Gasteiger partial charge in [0.25, 0.3) is 0 Å².